The molecule has 0 N–H and O–H groups in total. The summed E-state index contributed by atoms with van der Waals surface area (Å²) in [5.41, 5.74) is 0. The number of rotatable bonds is 13. The Labute approximate surface area is 179 Å². The first kappa shape index (κ1) is 32.9. The summed E-state index contributed by atoms with van der Waals surface area (Å²) in [6.07, 6.45) is 0. The largest absolute Gasteiger partial charge is 0.506 e. The maximum atomic E-state index is 13.9. The van der Waals surface area contributed by atoms with Crippen LogP contribution < -0.4 is 0 Å². The van der Waals surface area contributed by atoms with Crippen LogP contribution in [0.3, 0.4) is 0 Å². The Hall–Kier alpha value is -1.09. The molecule has 0 aliphatic heterocycles. The second-order valence-electron chi connectivity index (χ2n) is 6.46. The molecule has 0 spiro atoms. The first-order valence-electron chi connectivity index (χ1n) is 7.94. The maximum absolute atomic E-state index is 13.9. The third-order valence-electron chi connectivity index (χ3n) is 4.43. The highest BCUT2D eigenvalue weighted by Gasteiger charge is 2.95. The molecule has 0 aromatic heterocycles. The zero-order valence-corrected chi connectivity index (χ0v) is 17.6. The van der Waals surface area contributed by atoms with E-state index in [1.165, 1.54) is 0 Å². The van der Waals surface area contributed by atoms with E-state index in [0.717, 1.165) is 0 Å². The van der Waals surface area contributed by atoms with Crippen LogP contribution in [0, 0.1) is 0 Å². The third kappa shape index (κ3) is 4.33. The first-order valence-corrected chi connectivity index (χ1v) is 9.87. The number of alkyl halides is 17. The predicted octanol–water partition coefficient (Wildman–Crippen LogP) is 5.92. The van der Waals surface area contributed by atoms with Gasteiger partial charge in [0.1, 0.15) is 0 Å². The molecule has 0 aliphatic carbocycles. The zero-order valence-electron chi connectivity index (χ0n) is 16.6. The Morgan fingerprint density at radius 2 is 0.676 bits per heavy atom. The first-order chi connectivity index (χ1) is 14.7. The van der Waals surface area contributed by atoms with Crippen molar-refractivity contribution < 1.29 is 87.9 Å². The highest BCUT2D eigenvalue weighted by Crippen LogP contribution is 2.64. The van der Waals surface area contributed by atoms with Crippen molar-refractivity contribution in [3.8, 4) is 0 Å². The monoisotopic (exact) mass is 568 g/mol. The highest BCUT2D eigenvalue weighted by molar-refractivity contribution is 6.60. The van der Waals surface area contributed by atoms with Crippen LogP contribution in [0.15, 0.2) is 0 Å². The minimum absolute atomic E-state index is 0.405. The van der Waals surface area contributed by atoms with Gasteiger partial charge in [0.2, 0.25) is 0 Å². The molecule has 0 heterocycles. The molecule has 21 heteroatoms. The summed E-state index contributed by atoms with van der Waals surface area (Å²) in [4.78, 5) is 0. The van der Waals surface area contributed by atoms with Crippen molar-refractivity contribution in [2.24, 2.45) is 0 Å². The Bertz CT molecular complexity index is 699. The fraction of sp³-hybridized carbons (Fsp3) is 1.00. The fourth-order valence-electron chi connectivity index (χ4n) is 2.18. The molecule has 0 saturated carbocycles. The Morgan fingerprint density at radius 3 is 0.912 bits per heavy atom. The number of halogens is 17. The van der Waals surface area contributed by atoms with Gasteiger partial charge in [-0.25, -0.2) is 4.39 Å². The maximum Gasteiger partial charge on any atom is 0.506 e. The summed E-state index contributed by atoms with van der Waals surface area (Å²) in [5.74, 6) is -63.1. The molecule has 0 amide bonds. The van der Waals surface area contributed by atoms with Gasteiger partial charge >= 0.3 is 56.2 Å². The molecular formula is C13H13F17O3Si. The molecule has 0 aromatic rings. The van der Waals surface area contributed by atoms with Crippen LogP contribution in [0.4, 0.5) is 74.6 Å². The minimum Gasteiger partial charge on any atom is -0.377 e. The molecule has 0 saturated heterocycles. The molecule has 0 bridgehead atoms. The van der Waals surface area contributed by atoms with Crippen molar-refractivity contribution in [3.63, 3.8) is 0 Å². The van der Waals surface area contributed by atoms with Gasteiger partial charge in [-0.15, -0.1) is 0 Å². The van der Waals surface area contributed by atoms with Gasteiger partial charge in [-0.05, 0) is 0 Å². The summed E-state index contributed by atoms with van der Waals surface area (Å²) in [6.45, 7) is -3.93. The molecular weight excluding hydrogens is 555 g/mol. The van der Waals surface area contributed by atoms with E-state index in [2.05, 4.69) is 13.3 Å². The quantitative estimate of drug-likeness (QED) is 0.204. The SMILES string of the molecule is CO[Si](CC(F)(F)C(F)(F)C(F)(F)C(F)(F)C(F)(F)C(F)(F)C(F)(F)C(F)(F)CF)(OC)OC. The molecule has 206 valence electrons. The lowest BCUT2D eigenvalue weighted by molar-refractivity contribution is -0.452. The van der Waals surface area contributed by atoms with Crippen LogP contribution in [-0.4, -0.2) is 84.2 Å². The van der Waals surface area contributed by atoms with Crippen molar-refractivity contribution >= 4 is 8.80 Å². The van der Waals surface area contributed by atoms with E-state index in [-0.39, 0.29) is 0 Å². The molecule has 0 unspecified atom stereocenters. The van der Waals surface area contributed by atoms with E-state index in [4.69, 9.17) is 0 Å². The van der Waals surface area contributed by atoms with E-state index >= 15 is 0 Å². The minimum atomic E-state index is -8.59. The topological polar surface area (TPSA) is 27.7 Å². The van der Waals surface area contributed by atoms with Crippen LogP contribution in [-0.2, 0) is 13.3 Å². The highest BCUT2D eigenvalue weighted by atomic mass is 28.4. The normalized spacial score (nSPS) is 16.2. The van der Waals surface area contributed by atoms with Crippen molar-refractivity contribution in [1.82, 2.24) is 0 Å². The van der Waals surface area contributed by atoms with E-state index < -0.39 is 68.9 Å². The van der Waals surface area contributed by atoms with Gasteiger partial charge in [0, 0.05) is 21.3 Å². The van der Waals surface area contributed by atoms with Crippen molar-refractivity contribution in [1.29, 1.82) is 0 Å². The fourth-order valence-corrected chi connectivity index (χ4v) is 3.88. The molecule has 0 aromatic carbocycles. The van der Waals surface area contributed by atoms with E-state index in [0.29, 0.717) is 21.3 Å². The van der Waals surface area contributed by atoms with Gasteiger partial charge in [-0.3, -0.25) is 0 Å². The average Bonchev–Trinajstić information content (AvgIpc) is 2.70. The Morgan fingerprint density at radius 1 is 0.441 bits per heavy atom. The number of hydrogen-bond acceptors (Lipinski definition) is 3. The van der Waals surface area contributed by atoms with Gasteiger partial charge in [0.05, 0.1) is 6.04 Å². The van der Waals surface area contributed by atoms with Crippen molar-refractivity contribution in [3.05, 3.63) is 0 Å². The summed E-state index contributed by atoms with van der Waals surface area (Å²) < 4.78 is 240. The summed E-state index contributed by atoms with van der Waals surface area (Å²) in [5, 5.41) is 0. The third-order valence-corrected chi connectivity index (χ3v) is 7.17. The molecule has 0 radical (unpaired) electrons. The lowest BCUT2D eigenvalue weighted by Crippen LogP contribution is -2.75. The van der Waals surface area contributed by atoms with Crippen LogP contribution in [0.5, 0.6) is 0 Å². The Balaban J connectivity index is 6.80. The smallest absolute Gasteiger partial charge is 0.377 e. The van der Waals surface area contributed by atoms with Crippen molar-refractivity contribution in [2.75, 3.05) is 28.0 Å². The molecule has 0 aliphatic rings. The van der Waals surface area contributed by atoms with Gasteiger partial charge in [0.15, 0.2) is 6.67 Å². The predicted molar refractivity (Wildman–Crippen MR) is 77.1 cm³/mol. The van der Waals surface area contributed by atoms with Gasteiger partial charge in [0.25, 0.3) is 0 Å². The number of hydrogen-bond donors (Lipinski definition) is 0. The van der Waals surface area contributed by atoms with Crippen molar-refractivity contribution in [2.45, 2.75) is 53.4 Å². The zero-order chi connectivity index (χ0) is 28.0. The van der Waals surface area contributed by atoms with Crippen LogP contribution in [0.25, 0.3) is 0 Å². The molecule has 3 nitrogen and oxygen atoms in total. The second kappa shape index (κ2) is 9.09. The lowest BCUT2D eigenvalue weighted by Gasteiger charge is -2.44. The lowest BCUT2D eigenvalue weighted by atomic mass is 9.88. The van der Waals surface area contributed by atoms with E-state index in [1.54, 1.807) is 0 Å². The molecule has 0 rings (SSSR count). The van der Waals surface area contributed by atoms with E-state index in [1.807, 2.05) is 0 Å². The van der Waals surface area contributed by atoms with Crippen LogP contribution in [0.2, 0.25) is 6.04 Å². The molecule has 0 fully saturated rings. The Kier molecular flexibility index (Phi) is 8.80. The van der Waals surface area contributed by atoms with Crippen LogP contribution in [0.1, 0.15) is 0 Å². The second-order valence-corrected chi connectivity index (χ2v) is 9.41. The van der Waals surface area contributed by atoms with E-state index in [9.17, 15) is 74.6 Å². The van der Waals surface area contributed by atoms with Gasteiger partial charge in [-0.2, -0.15) is 70.2 Å². The summed E-state index contributed by atoms with van der Waals surface area (Å²) >= 11 is 0. The average molecular weight is 568 g/mol. The standard InChI is InChI=1S/C13H13F17O3Si/c1-31-34(32-2,33-3)5-7(17,18)9(21,22)11(25,26)13(29,30)12(27,28)10(23,24)8(19,20)6(15,16)4-14/h4-5H2,1-3H3. The van der Waals surface area contributed by atoms with Gasteiger partial charge in [-0.1, -0.05) is 0 Å². The molecule has 0 atom stereocenters. The summed E-state index contributed by atoms with van der Waals surface area (Å²) in [7, 11) is -3.93. The van der Waals surface area contributed by atoms with Gasteiger partial charge < -0.3 is 13.3 Å². The molecule has 34 heavy (non-hydrogen) atoms. The van der Waals surface area contributed by atoms with Crippen LogP contribution >= 0.6 is 0 Å². The summed E-state index contributed by atoms with van der Waals surface area (Å²) in [6, 6.07) is -2.87.